The summed E-state index contributed by atoms with van der Waals surface area (Å²) in [4.78, 5) is 2.38. The number of furan rings is 1. The van der Waals surface area contributed by atoms with Crippen molar-refractivity contribution < 1.29 is 4.42 Å². The van der Waals surface area contributed by atoms with Crippen LogP contribution in [0.2, 0.25) is 0 Å². The van der Waals surface area contributed by atoms with Gasteiger partial charge in [0.2, 0.25) is 0 Å². The number of hydrogen-bond acceptors (Lipinski definition) is 2. The van der Waals surface area contributed by atoms with Crippen molar-refractivity contribution in [2.24, 2.45) is 0 Å². The van der Waals surface area contributed by atoms with Gasteiger partial charge in [0.15, 0.2) is 0 Å². The van der Waals surface area contributed by atoms with Crippen molar-refractivity contribution in [1.29, 1.82) is 0 Å². The Morgan fingerprint density at radius 3 is 1.76 bits per heavy atom. The van der Waals surface area contributed by atoms with E-state index >= 15 is 0 Å². The molecule has 0 saturated heterocycles. The van der Waals surface area contributed by atoms with E-state index in [1.54, 1.807) is 0 Å². The highest BCUT2D eigenvalue weighted by atomic mass is 16.3. The van der Waals surface area contributed by atoms with Gasteiger partial charge in [-0.2, -0.15) is 0 Å². The lowest BCUT2D eigenvalue weighted by Crippen LogP contribution is -2.26. The van der Waals surface area contributed by atoms with Gasteiger partial charge in [-0.05, 0) is 92.5 Å². The van der Waals surface area contributed by atoms with Gasteiger partial charge in [0.25, 0.3) is 0 Å². The Labute approximate surface area is 296 Å². The lowest BCUT2D eigenvalue weighted by Gasteiger charge is -2.32. The molecule has 8 aromatic carbocycles. The van der Waals surface area contributed by atoms with E-state index in [0.717, 1.165) is 39.0 Å². The molecular weight excluding hydrogens is 619 g/mol. The SMILES string of the molecule is c1ccc(-c2ccc(N(c3ccccc3)c3ccc4c(c3)C3(c5ccccc5-4)c4ccccc4-c4c3ccc3c4oc4ccccc43)cc2)cc1. The molecule has 0 N–H and O–H groups in total. The van der Waals surface area contributed by atoms with E-state index in [2.05, 4.69) is 193 Å². The Hall–Kier alpha value is -6.64. The van der Waals surface area contributed by atoms with Gasteiger partial charge < -0.3 is 9.32 Å². The van der Waals surface area contributed by atoms with Crippen LogP contribution in [0.1, 0.15) is 22.3 Å². The summed E-state index contributed by atoms with van der Waals surface area (Å²) >= 11 is 0. The van der Waals surface area contributed by atoms with Crippen molar-refractivity contribution >= 4 is 39.0 Å². The minimum absolute atomic E-state index is 0.499. The van der Waals surface area contributed by atoms with E-state index in [4.69, 9.17) is 4.42 Å². The molecule has 0 bridgehead atoms. The Kier molecular flexibility index (Phi) is 5.91. The summed E-state index contributed by atoms with van der Waals surface area (Å²) in [5.74, 6) is 0. The first-order valence-electron chi connectivity index (χ1n) is 17.6. The largest absolute Gasteiger partial charge is 0.455 e. The van der Waals surface area contributed by atoms with Gasteiger partial charge in [0, 0.05) is 33.4 Å². The van der Waals surface area contributed by atoms with Crippen molar-refractivity contribution in [3.8, 4) is 33.4 Å². The maximum Gasteiger partial charge on any atom is 0.143 e. The zero-order valence-electron chi connectivity index (χ0n) is 27.8. The lowest BCUT2D eigenvalue weighted by atomic mass is 9.70. The molecule has 51 heavy (non-hydrogen) atoms. The number of hydrogen-bond donors (Lipinski definition) is 0. The number of benzene rings is 8. The molecule has 1 unspecified atom stereocenters. The molecule has 1 spiro atoms. The molecule has 2 aliphatic carbocycles. The van der Waals surface area contributed by atoms with Gasteiger partial charge in [-0.25, -0.2) is 0 Å². The topological polar surface area (TPSA) is 16.4 Å². The zero-order chi connectivity index (χ0) is 33.5. The predicted molar refractivity (Wildman–Crippen MR) is 210 cm³/mol. The van der Waals surface area contributed by atoms with E-state index in [1.165, 1.54) is 55.6 Å². The normalized spacial score (nSPS) is 15.1. The molecule has 11 rings (SSSR count). The minimum atomic E-state index is -0.499. The molecular formula is C49H31NO. The molecule has 1 aromatic heterocycles. The Balaban J connectivity index is 1.18. The second-order valence-corrected chi connectivity index (χ2v) is 13.6. The molecule has 0 aliphatic heterocycles. The summed E-state index contributed by atoms with van der Waals surface area (Å²) in [6, 6.07) is 68.3. The van der Waals surface area contributed by atoms with Crippen LogP contribution < -0.4 is 4.90 Å². The van der Waals surface area contributed by atoms with Crippen molar-refractivity contribution in [3.63, 3.8) is 0 Å². The fourth-order valence-electron chi connectivity index (χ4n) is 8.99. The molecule has 1 heterocycles. The van der Waals surface area contributed by atoms with Gasteiger partial charge in [-0.3, -0.25) is 0 Å². The summed E-state index contributed by atoms with van der Waals surface area (Å²) in [7, 11) is 0. The highest BCUT2D eigenvalue weighted by Crippen LogP contribution is 2.64. The molecule has 2 nitrogen and oxygen atoms in total. The van der Waals surface area contributed by atoms with E-state index in [1.807, 2.05) is 0 Å². The first-order chi connectivity index (χ1) is 25.3. The molecule has 0 radical (unpaired) electrons. The van der Waals surface area contributed by atoms with E-state index in [0.29, 0.717) is 0 Å². The summed E-state index contributed by atoms with van der Waals surface area (Å²) < 4.78 is 6.74. The maximum absolute atomic E-state index is 6.74. The third kappa shape index (κ3) is 3.87. The Morgan fingerprint density at radius 1 is 0.373 bits per heavy atom. The van der Waals surface area contributed by atoms with Crippen LogP contribution in [0.3, 0.4) is 0 Å². The smallest absolute Gasteiger partial charge is 0.143 e. The average Bonchev–Trinajstić information content (AvgIpc) is 3.83. The quantitative estimate of drug-likeness (QED) is 0.189. The van der Waals surface area contributed by atoms with Crippen LogP contribution in [-0.4, -0.2) is 0 Å². The summed E-state index contributed by atoms with van der Waals surface area (Å²) in [6.45, 7) is 0. The molecule has 2 aliphatic rings. The second kappa shape index (κ2) is 10.7. The van der Waals surface area contributed by atoms with Crippen molar-refractivity contribution in [3.05, 3.63) is 210 Å². The van der Waals surface area contributed by atoms with Crippen LogP contribution in [-0.2, 0) is 5.41 Å². The van der Waals surface area contributed by atoms with Crippen LogP contribution in [0, 0.1) is 0 Å². The fraction of sp³-hybridized carbons (Fsp3) is 0.0204. The molecule has 9 aromatic rings. The second-order valence-electron chi connectivity index (χ2n) is 13.6. The van der Waals surface area contributed by atoms with Gasteiger partial charge in [-0.1, -0.05) is 146 Å². The standard InChI is InChI=1S/C49H31NO/c1-3-13-32(14-4-1)33-23-25-35(26-24-33)50(34-15-5-2-6-16-34)36-27-28-38-37-17-7-10-20-42(37)49(45(38)31-36)43-21-11-8-19-41(43)47-44(49)30-29-40-39-18-9-12-22-46(39)51-48(40)47/h1-31H. The number of para-hydroxylation sites is 2. The minimum Gasteiger partial charge on any atom is -0.455 e. The van der Waals surface area contributed by atoms with Crippen molar-refractivity contribution in [2.75, 3.05) is 4.90 Å². The summed E-state index contributed by atoms with van der Waals surface area (Å²) in [6.07, 6.45) is 0. The molecule has 0 saturated carbocycles. The molecule has 2 heteroatoms. The fourth-order valence-corrected chi connectivity index (χ4v) is 8.99. The van der Waals surface area contributed by atoms with Gasteiger partial charge in [0.1, 0.15) is 11.2 Å². The number of fused-ring (bicyclic) bond motifs is 14. The van der Waals surface area contributed by atoms with Gasteiger partial charge in [-0.15, -0.1) is 0 Å². The van der Waals surface area contributed by atoms with E-state index in [9.17, 15) is 0 Å². The molecule has 0 fully saturated rings. The van der Waals surface area contributed by atoms with E-state index < -0.39 is 5.41 Å². The predicted octanol–water partition coefficient (Wildman–Crippen LogP) is 13.1. The highest BCUT2D eigenvalue weighted by molar-refractivity contribution is 6.13. The summed E-state index contributed by atoms with van der Waals surface area (Å²) in [5, 5.41) is 2.31. The Bertz CT molecular complexity index is 2800. The van der Waals surface area contributed by atoms with Crippen molar-refractivity contribution in [2.45, 2.75) is 5.41 Å². The molecule has 0 amide bonds. The van der Waals surface area contributed by atoms with Crippen LogP contribution in [0.5, 0.6) is 0 Å². The lowest BCUT2D eigenvalue weighted by molar-refractivity contribution is 0.669. The van der Waals surface area contributed by atoms with Crippen LogP contribution in [0.4, 0.5) is 17.1 Å². The van der Waals surface area contributed by atoms with Crippen LogP contribution in [0.15, 0.2) is 192 Å². The third-order valence-electron chi connectivity index (χ3n) is 11.1. The number of rotatable bonds is 4. The monoisotopic (exact) mass is 649 g/mol. The molecule has 1 atom stereocenters. The van der Waals surface area contributed by atoms with Gasteiger partial charge >= 0.3 is 0 Å². The highest BCUT2D eigenvalue weighted by Gasteiger charge is 2.52. The number of nitrogens with zero attached hydrogens (tertiary/aromatic N) is 1. The Morgan fingerprint density at radius 2 is 0.961 bits per heavy atom. The zero-order valence-corrected chi connectivity index (χ0v) is 27.8. The first kappa shape index (κ1) is 28.2. The summed E-state index contributed by atoms with van der Waals surface area (Å²) in [5.41, 5.74) is 17.3. The first-order valence-corrected chi connectivity index (χ1v) is 17.6. The van der Waals surface area contributed by atoms with Gasteiger partial charge in [0.05, 0.1) is 5.41 Å². The van der Waals surface area contributed by atoms with Crippen LogP contribution >= 0.6 is 0 Å². The van der Waals surface area contributed by atoms with Crippen LogP contribution in [0.25, 0.3) is 55.3 Å². The van der Waals surface area contributed by atoms with E-state index in [-0.39, 0.29) is 0 Å². The maximum atomic E-state index is 6.74. The average molecular weight is 650 g/mol. The van der Waals surface area contributed by atoms with Crippen molar-refractivity contribution in [1.82, 2.24) is 0 Å². The number of anilines is 3. The third-order valence-corrected chi connectivity index (χ3v) is 11.1. The molecule has 238 valence electrons.